The van der Waals surface area contributed by atoms with E-state index in [-0.39, 0.29) is 18.3 Å². The first-order valence-electron chi connectivity index (χ1n) is 5.41. The Bertz CT molecular complexity index is 535. The van der Waals surface area contributed by atoms with Crippen LogP contribution in [-0.2, 0) is 11.8 Å². The van der Waals surface area contributed by atoms with Crippen LogP contribution in [0.1, 0.15) is 0 Å². The third-order valence-corrected chi connectivity index (χ3v) is 2.29. The van der Waals surface area contributed by atoms with E-state index in [9.17, 15) is 9.18 Å². The molecule has 0 spiro atoms. The van der Waals surface area contributed by atoms with Gasteiger partial charge in [0, 0.05) is 18.9 Å². The number of aryl methyl sites for hydroxylation is 1. The SMILES string of the molecule is Cn1cc(NCC(=O)Nc2ccc(F)cc2)cn1. The molecule has 0 atom stereocenters. The zero-order valence-electron chi connectivity index (χ0n) is 9.85. The van der Waals surface area contributed by atoms with Gasteiger partial charge in [0.05, 0.1) is 18.4 Å². The van der Waals surface area contributed by atoms with Crippen LogP contribution >= 0.6 is 0 Å². The van der Waals surface area contributed by atoms with Gasteiger partial charge >= 0.3 is 0 Å². The topological polar surface area (TPSA) is 59.0 Å². The molecule has 2 rings (SSSR count). The Balaban J connectivity index is 1.83. The molecule has 1 heterocycles. The zero-order valence-corrected chi connectivity index (χ0v) is 9.85. The number of benzene rings is 1. The van der Waals surface area contributed by atoms with Gasteiger partial charge in [-0.25, -0.2) is 4.39 Å². The molecule has 0 fully saturated rings. The number of carbonyl (C=O) groups is 1. The van der Waals surface area contributed by atoms with E-state index in [2.05, 4.69) is 15.7 Å². The number of amides is 1. The molecule has 1 aromatic carbocycles. The minimum absolute atomic E-state index is 0.128. The lowest BCUT2D eigenvalue weighted by Crippen LogP contribution is -2.21. The van der Waals surface area contributed by atoms with Crippen LogP contribution in [0.5, 0.6) is 0 Å². The van der Waals surface area contributed by atoms with E-state index in [1.54, 1.807) is 24.1 Å². The van der Waals surface area contributed by atoms with Gasteiger partial charge in [0.25, 0.3) is 0 Å². The molecule has 0 aliphatic heterocycles. The van der Waals surface area contributed by atoms with Crippen LogP contribution < -0.4 is 10.6 Å². The second kappa shape index (κ2) is 5.31. The smallest absolute Gasteiger partial charge is 0.243 e. The Kier molecular flexibility index (Phi) is 3.57. The zero-order chi connectivity index (χ0) is 13.0. The summed E-state index contributed by atoms with van der Waals surface area (Å²) in [6, 6.07) is 5.61. The summed E-state index contributed by atoms with van der Waals surface area (Å²) in [5, 5.41) is 9.55. The van der Waals surface area contributed by atoms with Gasteiger partial charge in [0.1, 0.15) is 5.82 Å². The number of hydrogen-bond acceptors (Lipinski definition) is 3. The summed E-state index contributed by atoms with van der Waals surface area (Å²) < 4.78 is 14.3. The molecule has 2 N–H and O–H groups in total. The van der Waals surface area contributed by atoms with Crippen molar-refractivity contribution in [2.45, 2.75) is 0 Å². The third-order valence-electron chi connectivity index (χ3n) is 2.29. The van der Waals surface area contributed by atoms with Crippen LogP contribution in [0.15, 0.2) is 36.7 Å². The molecule has 94 valence electrons. The van der Waals surface area contributed by atoms with Crippen molar-refractivity contribution in [3.8, 4) is 0 Å². The van der Waals surface area contributed by atoms with Crippen molar-refractivity contribution in [1.29, 1.82) is 0 Å². The molecule has 0 aliphatic rings. The summed E-state index contributed by atoms with van der Waals surface area (Å²) in [6.45, 7) is 0.128. The molecule has 0 aliphatic carbocycles. The van der Waals surface area contributed by atoms with Crippen molar-refractivity contribution in [1.82, 2.24) is 9.78 Å². The Labute approximate surface area is 104 Å². The Morgan fingerprint density at radius 3 is 2.67 bits per heavy atom. The molecular weight excluding hydrogens is 235 g/mol. The molecular formula is C12H13FN4O. The first-order valence-corrected chi connectivity index (χ1v) is 5.41. The number of rotatable bonds is 4. The predicted octanol–water partition coefficient (Wildman–Crippen LogP) is 1.61. The highest BCUT2D eigenvalue weighted by molar-refractivity contribution is 5.93. The fourth-order valence-electron chi connectivity index (χ4n) is 1.43. The molecule has 0 saturated heterocycles. The van der Waals surface area contributed by atoms with Gasteiger partial charge < -0.3 is 10.6 Å². The number of aromatic nitrogens is 2. The number of carbonyl (C=O) groups excluding carboxylic acids is 1. The number of anilines is 2. The van der Waals surface area contributed by atoms with Gasteiger partial charge in [0.15, 0.2) is 0 Å². The maximum absolute atomic E-state index is 12.7. The van der Waals surface area contributed by atoms with Crippen molar-refractivity contribution in [2.24, 2.45) is 7.05 Å². The van der Waals surface area contributed by atoms with Crippen LogP contribution in [-0.4, -0.2) is 22.2 Å². The minimum atomic E-state index is -0.332. The number of nitrogens with zero attached hydrogens (tertiary/aromatic N) is 2. The number of halogens is 1. The highest BCUT2D eigenvalue weighted by Crippen LogP contribution is 2.08. The number of nitrogens with one attached hydrogen (secondary N) is 2. The van der Waals surface area contributed by atoms with Gasteiger partial charge in [-0.05, 0) is 24.3 Å². The third kappa shape index (κ3) is 3.31. The normalized spacial score (nSPS) is 10.1. The Morgan fingerprint density at radius 1 is 1.33 bits per heavy atom. The molecule has 0 bridgehead atoms. The molecule has 2 aromatic rings. The summed E-state index contributed by atoms with van der Waals surface area (Å²) >= 11 is 0. The van der Waals surface area contributed by atoms with Crippen molar-refractivity contribution in [3.63, 3.8) is 0 Å². The lowest BCUT2D eigenvalue weighted by molar-refractivity contribution is -0.114. The summed E-state index contributed by atoms with van der Waals surface area (Å²) in [7, 11) is 1.80. The van der Waals surface area contributed by atoms with Crippen LogP contribution in [0.2, 0.25) is 0 Å². The van der Waals surface area contributed by atoms with Gasteiger partial charge in [-0.3, -0.25) is 9.48 Å². The van der Waals surface area contributed by atoms with Crippen LogP contribution in [0.3, 0.4) is 0 Å². The standard InChI is InChI=1S/C12H13FN4O/c1-17-8-11(6-15-17)14-7-12(18)16-10-4-2-9(13)3-5-10/h2-6,8,14H,7H2,1H3,(H,16,18). The maximum Gasteiger partial charge on any atom is 0.243 e. The summed E-state index contributed by atoms with van der Waals surface area (Å²) in [5.41, 5.74) is 1.33. The predicted molar refractivity (Wildman–Crippen MR) is 66.7 cm³/mol. The van der Waals surface area contributed by atoms with E-state index in [1.807, 2.05) is 0 Å². The molecule has 1 amide bonds. The summed E-state index contributed by atoms with van der Waals surface area (Å²) in [6.07, 6.45) is 3.40. The van der Waals surface area contributed by atoms with E-state index < -0.39 is 0 Å². The highest BCUT2D eigenvalue weighted by Gasteiger charge is 2.03. The van der Waals surface area contributed by atoms with E-state index >= 15 is 0 Å². The lowest BCUT2D eigenvalue weighted by Gasteiger charge is -2.05. The molecule has 0 saturated carbocycles. The van der Waals surface area contributed by atoms with Gasteiger partial charge in [-0.15, -0.1) is 0 Å². The number of hydrogen-bond donors (Lipinski definition) is 2. The van der Waals surface area contributed by atoms with Crippen molar-refractivity contribution < 1.29 is 9.18 Å². The molecule has 6 heteroatoms. The van der Waals surface area contributed by atoms with E-state index in [0.717, 1.165) is 5.69 Å². The van der Waals surface area contributed by atoms with Crippen molar-refractivity contribution >= 4 is 17.3 Å². The molecule has 18 heavy (non-hydrogen) atoms. The minimum Gasteiger partial charge on any atom is -0.374 e. The van der Waals surface area contributed by atoms with Crippen LogP contribution in [0.4, 0.5) is 15.8 Å². The lowest BCUT2D eigenvalue weighted by atomic mass is 10.3. The fourth-order valence-corrected chi connectivity index (χ4v) is 1.43. The van der Waals surface area contributed by atoms with Crippen molar-refractivity contribution in [2.75, 3.05) is 17.2 Å². The summed E-state index contributed by atoms with van der Waals surface area (Å²) in [4.78, 5) is 11.6. The first-order chi connectivity index (χ1) is 8.63. The molecule has 0 radical (unpaired) electrons. The monoisotopic (exact) mass is 248 g/mol. The molecule has 5 nitrogen and oxygen atoms in total. The van der Waals surface area contributed by atoms with Gasteiger partial charge in [-0.1, -0.05) is 0 Å². The van der Waals surface area contributed by atoms with Gasteiger partial charge in [-0.2, -0.15) is 5.10 Å². The Hall–Kier alpha value is -2.37. The van der Waals surface area contributed by atoms with Crippen molar-refractivity contribution in [3.05, 3.63) is 42.5 Å². The molecule has 0 unspecified atom stereocenters. The van der Waals surface area contributed by atoms with Crippen LogP contribution in [0, 0.1) is 5.82 Å². The quantitative estimate of drug-likeness (QED) is 0.864. The fraction of sp³-hybridized carbons (Fsp3) is 0.167. The summed E-state index contributed by atoms with van der Waals surface area (Å²) in [5.74, 6) is -0.535. The average Bonchev–Trinajstić information content (AvgIpc) is 2.76. The average molecular weight is 248 g/mol. The molecule has 1 aromatic heterocycles. The first kappa shape index (κ1) is 12.1. The van der Waals surface area contributed by atoms with E-state index in [4.69, 9.17) is 0 Å². The Morgan fingerprint density at radius 2 is 2.06 bits per heavy atom. The largest absolute Gasteiger partial charge is 0.374 e. The van der Waals surface area contributed by atoms with E-state index in [1.165, 1.54) is 24.3 Å². The second-order valence-corrected chi connectivity index (χ2v) is 3.81. The maximum atomic E-state index is 12.7. The second-order valence-electron chi connectivity index (χ2n) is 3.81. The van der Waals surface area contributed by atoms with Crippen LogP contribution in [0.25, 0.3) is 0 Å². The van der Waals surface area contributed by atoms with Gasteiger partial charge in [0.2, 0.25) is 5.91 Å². The highest BCUT2D eigenvalue weighted by atomic mass is 19.1. The van der Waals surface area contributed by atoms with E-state index in [0.29, 0.717) is 5.69 Å².